The van der Waals surface area contributed by atoms with E-state index in [0.29, 0.717) is 31.9 Å². The van der Waals surface area contributed by atoms with E-state index >= 15 is 0 Å². The first-order chi connectivity index (χ1) is 13.2. The van der Waals surface area contributed by atoms with Crippen LogP contribution in [-0.4, -0.2) is 43.7 Å². The van der Waals surface area contributed by atoms with Crippen LogP contribution in [0.25, 0.3) is 6.08 Å². The van der Waals surface area contributed by atoms with Crippen molar-refractivity contribution in [3.8, 4) is 0 Å². The number of morpholine rings is 1. The summed E-state index contributed by atoms with van der Waals surface area (Å²) in [5, 5.41) is 6.00. The maximum atomic E-state index is 12.4. The van der Waals surface area contributed by atoms with Gasteiger partial charge in [0.25, 0.3) is 5.91 Å². The molecule has 1 heterocycles. The Hall–Kier alpha value is -2.34. The van der Waals surface area contributed by atoms with Gasteiger partial charge in [-0.2, -0.15) is 0 Å². The highest BCUT2D eigenvalue weighted by Gasteiger charge is 2.40. The van der Waals surface area contributed by atoms with Crippen LogP contribution in [0.4, 0.5) is 0 Å². The van der Waals surface area contributed by atoms with Crippen LogP contribution in [-0.2, 0) is 19.1 Å². The zero-order valence-corrected chi connectivity index (χ0v) is 15.8. The minimum atomic E-state index is -0.210. The average Bonchev–Trinajstić information content (AvgIpc) is 2.68. The summed E-state index contributed by atoms with van der Waals surface area (Å²) in [5.74, 6) is 0.117. The molecule has 0 aromatic heterocycles. The largest absolute Gasteiger partial charge is 0.483 e. The summed E-state index contributed by atoms with van der Waals surface area (Å²) in [6, 6.07) is 9.54. The van der Waals surface area contributed by atoms with Gasteiger partial charge in [-0.3, -0.25) is 9.59 Å². The van der Waals surface area contributed by atoms with Crippen molar-refractivity contribution in [3.05, 3.63) is 41.7 Å². The second-order valence-corrected chi connectivity index (χ2v) is 7.01. The van der Waals surface area contributed by atoms with Crippen molar-refractivity contribution in [2.24, 2.45) is 5.92 Å². The van der Waals surface area contributed by atoms with Crippen LogP contribution in [0.3, 0.4) is 0 Å². The predicted octanol–water partition coefficient (Wildman–Crippen LogP) is 2.25. The van der Waals surface area contributed by atoms with Crippen LogP contribution in [0.2, 0.25) is 0 Å². The molecular formula is C21H28N2O4. The van der Waals surface area contributed by atoms with Crippen molar-refractivity contribution in [2.45, 2.75) is 44.8 Å². The Morgan fingerprint density at radius 3 is 2.93 bits per heavy atom. The maximum absolute atomic E-state index is 12.4. The molecule has 3 unspecified atom stereocenters. The van der Waals surface area contributed by atoms with Crippen LogP contribution in [0.1, 0.15) is 38.2 Å². The smallest absolute Gasteiger partial charge is 0.286 e. The van der Waals surface area contributed by atoms with Gasteiger partial charge in [-0.25, -0.2) is 0 Å². The summed E-state index contributed by atoms with van der Waals surface area (Å²) in [6.45, 7) is 3.93. The van der Waals surface area contributed by atoms with E-state index in [2.05, 4.69) is 10.6 Å². The summed E-state index contributed by atoms with van der Waals surface area (Å²) < 4.78 is 11.2. The molecule has 3 atom stereocenters. The van der Waals surface area contributed by atoms with E-state index in [1.54, 1.807) is 6.08 Å². The van der Waals surface area contributed by atoms with Crippen molar-refractivity contribution in [1.82, 2.24) is 10.6 Å². The number of amides is 2. The highest BCUT2D eigenvalue weighted by atomic mass is 16.5. The molecule has 2 aliphatic rings. The van der Waals surface area contributed by atoms with Crippen LogP contribution < -0.4 is 10.6 Å². The number of carbonyl (C=O) groups excluding carboxylic acids is 2. The minimum Gasteiger partial charge on any atom is -0.483 e. The zero-order valence-electron chi connectivity index (χ0n) is 15.8. The van der Waals surface area contributed by atoms with Crippen LogP contribution in [0, 0.1) is 5.92 Å². The summed E-state index contributed by atoms with van der Waals surface area (Å²) in [6.07, 6.45) is 4.65. The normalized spacial score (nSPS) is 26.0. The Morgan fingerprint density at radius 2 is 2.15 bits per heavy atom. The lowest BCUT2D eigenvalue weighted by atomic mass is 9.82. The van der Waals surface area contributed by atoms with E-state index in [1.807, 2.05) is 37.3 Å². The van der Waals surface area contributed by atoms with Crippen molar-refractivity contribution in [3.63, 3.8) is 0 Å². The van der Waals surface area contributed by atoms with Crippen LogP contribution in [0.15, 0.2) is 36.1 Å². The van der Waals surface area contributed by atoms with Gasteiger partial charge in [0.15, 0.2) is 5.76 Å². The fourth-order valence-electron chi connectivity index (χ4n) is 3.60. The van der Waals surface area contributed by atoms with Gasteiger partial charge in [-0.1, -0.05) is 30.3 Å². The second-order valence-electron chi connectivity index (χ2n) is 7.01. The number of fused-ring (bicyclic) bond motifs is 1. The van der Waals surface area contributed by atoms with Gasteiger partial charge in [0.1, 0.15) is 6.10 Å². The standard InChI is InChI=1S/C21H28N2O4/c1-2-26-12-6-11-22-20(24)16-9-10-18-17(14-16)23-21(25)19(27-18)13-15-7-4-3-5-8-15/h3-5,7-8,13,16-18H,2,6,9-12,14H2,1H3,(H,22,24)(H,23,25)/b19-13-. The van der Waals surface area contributed by atoms with Gasteiger partial charge in [0.2, 0.25) is 5.91 Å². The van der Waals surface area contributed by atoms with E-state index in [0.717, 1.165) is 24.8 Å². The van der Waals surface area contributed by atoms with Gasteiger partial charge in [-0.15, -0.1) is 0 Å². The van der Waals surface area contributed by atoms with Gasteiger partial charge in [-0.05, 0) is 44.2 Å². The molecule has 1 aliphatic heterocycles. The van der Waals surface area contributed by atoms with E-state index in [9.17, 15) is 9.59 Å². The van der Waals surface area contributed by atoms with Gasteiger partial charge < -0.3 is 20.1 Å². The fraction of sp³-hybridized carbons (Fsp3) is 0.524. The third-order valence-electron chi connectivity index (χ3n) is 5.04. The lowest BCUT2D eigenvalue weighted by Gasteiger charge is -2.39. The van der Waals surface area contributed by atoms with Crippen molar-refractivity contribution < 1.29 is 19.1 Å². The Morgan fingerprint density at radius 1 is 1.33 bits per heavy atom. The maximum Gasteiger partial charge on any atom is 0.286 e. The van der Waals surface area contributed by atoms with Gasteiger partial charge >= 0.3 is 0 Å². The average molecular weight is 372 g/mol. The van der Waals surface area contributed by atoms with Crippen molar-refractivity contribution >= 4 is 17.9 Å². The third-order valence-corrected chi connectivity index (χ3v) is 5.04. The number of carbonyl (C=O) groups is 2. The van der Waals surface area contributed by atoms with E-state index in [-0.39, 0.29) is 29.9 Å². The summed E-state index contributed by atoms with van der Waals surface area (Å²) >= 11 is 0. The molecular weight excluding hydrogens is 344 g/mol. The molecule has 2 amide bonds. The fourth-order valence-corrected chi connectivity index (χ4v) is 3.60. The predicted molar refractivity (Wildman–Crippen MR) is 103 cm³/mol. The van der Waals surface area contributed by atoms with E-state index in [4.69, 9.17) is 9.47 Å². The molecule has 1 saturated heterocycles. The highest BCUT2D eigenvalue weighted by Crippen LogP contribution is 2.31. The topological polar surface area (TPSA) is 76.7 Å². The van der Waals surface area contributed by atoms with Crippen LogP contribution >= 0.6 is 0 Å². The monoisotopic (exact) mass is 372 g/mol. The zero-order chi connectivity index (χ0) is 19.1. The summed E-state index contributed by atoms with van der Waals surface area (Å²) in [4.78, 5) is 24.8. The molecule has 1 saturated carbocycles. The molecule has 146 valence electrons. The highest BCUT2D eigenvalue weighted by molar-refractivity contribution is 5.96. The van der Waals surface area contributed by atoms with Gasteiger partial charge in [0, 0.05) is 25.7 Å². The van der Waals surface area contributed by atoms with Crippen molar-refractivity contribution in [1.29, 1.82) is 0 Å². The van der Waals surface area contributed by atoms with Crippen LogP contribution in [0.5, 0.6) is 0 Å². The molecule has 6 nitrogen and oxygen atoms in total. The lowest BCUT2D eigenvalue weighted by molar-refractivity contribution is -0.134. The lowest BCUT2D eigenvalue weighted by Crippen LogP contribution is -2.54. The molecule has 2 fully saturated rings. The quantitative estimate of drug-likeness (QED) is 0.569. The second kappa shape index (κ2) is 9.55. The molecule has 0 bridgehead atoms. The molecule has 1 aliphatic carbocycles. The molecule has 6 heteroatoms. The SMILES string of the molecule is CCOCCCNC(=O)C1CCC2O/C(=C\c3ccccc3)C(=O)NC2C1. The number of benzene rings is 1. The number of hydrogen-bond acceptors (Lipinski definition) is 4. The third kappa shape index (κ3) is 5.32. The van der Waals surface area contributed by atoms with Crippen molar-refractivity contribution in [2.75, 3.05) is 19.8 Å². The number of rotatable bonds is 7. The Kier molecular flexibility index (Phi) is 6.87. The first-order valence-corrected chi connectivity index (χ1v) is 9.77. The Bertz CT molecular complexity index is 674. The summed E-state index contributed by atoms with van der Waals surface area (Å²) in [5.41, 5.74) is 0.932. The number of nitrogens with one attached hydrogen (secondary N) is 2. The molecule has 1 aromatic carbocycles. The van der Waals surface area contributed by atoms with Gasteiger partial charge in [0.05, 0.1) is 6.04 Å². The number of hydrogen-bond donors (Lipinski definition) is 2. The molecule has 1 aromatic rings. The first-order valence-electron chi connectivity index (χ1n) is 9.77. The summed E-state index contributed by atoms with van der Waals surface area (Å²) in [7, 11) is 0. The molecule has 27 heavy (non-hydrogen) atoms. The molecule has 2 N–H and O–H groups in total. The minimum absolute atomic E-state index is 0.0600. The molecule has 3 rings (SSSR count). The molecule has 0 spiro atoms. The van der Waals surface area contributed by atoms with E-state index in [1.165, 1.54) is 0 Å². The Balaban J connectivity index is 1.51. The van der Waals surface area contributed by atoms with E-state index < -0.39 is 0 Å². The molecule has 0 radical (unpaired) electrons. The number of ether oxygens (including phenoxy) is 2. The first kappa shape index (κ1) is 19.4. The Labute approximate surface area is 160 Å².